The number of rotatable bonds is 5. The van der Waals surface area contributed by atoms with Crippen molar-refractivity contribution in [3.8, 4) is 0 Å². The molecular weight excluding hydrogens is 323 g/mol. The van der Waals surface area contributed by atoms with E-state index in [4.69, 9.17) is 9.31 Å². The second-order valence-corrected chi connectivity index (χ2v) is 7.99. The van der Waals surface area contributed by atoms with Crippen LogP contribution in [0.4, 0.5) is 0 Å². The van der Waals surface area contributed by atoms with Gasteiger partial charge in [-0.15, -0.1) is 0 Å². The lowest BCUT2D eigenvalue weighted by Gasteiger charge is -2.32. The second kappa shape index (κ2) is 7.25. The molecule has 128 valence electrons. The molecule has 0 bridgehead atoms. The Morgan fingerprint density at radius 2 is 1.67 bits per heavy atom. The van der Waals surface area contributed by atoms with Crippen LogP contribution in [0.5, 0.6) is 0 Å². The van der Waals surface area contributed by atoms with Crippen molar-refractivity contribution in [2.75, 3.05) is 5.75 Å². The zero-order valence-corrected chi connectivity index (χ0v) is 15.6. The molecular formula is C18H23BO4S. The molecule has 0 unspecified atom stereocenters. The maximum Gasteiger partial charge on any atom is 0.491 e. The molecule has 1 aliphatic rings. The molecule has 0 atom stereocenters. The van der Waals surface area contributed by atoms with Crippen molar-refractivity contribution in [3.05, 3.63) is 40.9 Å². The molecule has 1 aliphatic heterocycles. The van der Waals surface area contributed by atoms with Gasteiger partial charge < -0.3 is 9.31 Å². The van der Waals surface area contributed by atoms with Gasteiger partial charge in [0.05, 0.1) is 11.2 Å². The summed E-state index contributed by atoms with van der Waals surface area (Å²) in [7, 11) is -0.540. The number of thioether (sulfide) groups is 1. The first kappa shape index (κ1) is 19.0. The molecule has 1 heterocycles. The molecule has 0 spiro atoms. The fraction of sp³-hybridized carbons (Fsp3) is 0.444. The summed E-state index contributed by atoms with van der Waals surface area (Å²) >= 11 is 1.20. The summed E-state index contributed by atoms with van der Waals surface area (Å²) in [5.41, 5.74) is 1.31. The van der Waals surface area contributed by atoms with Crippen molar-refractivity contribution in [2.24, 2.45) is 0 Å². The van der Waals surface area contributed by atoms with E-state index in [1.807, 2.05) is 52.0 Å². The van der Waals surface area contributed by atoms with Gasteiger partial charge >= 0.3 is 7.12 Å². The Morgan fingerprint density at radius 1 is 1.12 bits per heavy atom. The Morgan fingerprint density at radius 3 is 2.17 bits per heavy atom. The lowest BCUT2D eigenvalue weighted by molar-refractivity contribution is -0.109. The van der Waals surface area contributed by atoms with E-state index in [0.29, 0.717) is 11.3 Å². The van der Waals surface area contributed by atoms with Crippen LogP contribution in [0.2, 0.25) is 0 Å². The van der Waals surface area contributed by atoms with Crippen LogP contribution in [0.3, 0.4) is 0 Å². The smallest absolute Gasteiger partial charge is 0.400 e. The van der Waals surface area contributed by atoms with Gasteiger partial charge in [0.25, 0.3) is 0 Å². The quantitative estimate of drug-likeness (QED) is 0.600. The van der Waals surface area contributed by atoms with Crippen molar-refractivity contribution in [2.45, 2.75) is 45.8 Å². The molecule has 1 fully saturated rings. The van der Waals surface area contributed by atoms with E-state index in [0.717, 1.165) is 17.3 Å². The first-order chi connectivity index (χ1) is 11.2. The molecule has 0 N–H and O–H groups in total. The Bertz CT molecular complexity index is 651. The average Bonchev–Trinajstić information content (AvgIpc) is 2.71. The van der Waals surface area contributed by atoms with E-state index in [-0.39, 0.29) is 5.12 Å². The van der Waals surface area contributed by atoms with E-state index in [1.54, 1.807) is 6.07 Å². The molecule has 4 nitrogen and oxygen atoms in total. The molecule has 6 heteroatoms. The molecule has 0 aliphatic carbocycles. The van der Waals surface area contributed by atoms with Gasteiger partial charge in [0.2, 0.25) is 0 Å². The predicted molar refractivity (Wildman–Crippen MR) is 99.0 cm³/mol. The minimum atomic E-state index is -0.540. The Balaban J connectivity index is 2.37. The van der Waals surface area contributed by atoms with Gasteiger partial charge in [-0.05, 0) is 38.7 Å². The highest BCUT2D eigenvalue weighted by molar-refractivity contribution is 8.13. The summed E-state index contributed by atoms with van der Waals surface area (Å²) in [6, 6.07) is 7.32. The van der Waals surface area contributed by atoms with Crippen molar-refractivity contribution < 1.29 is 18.9 Å². The maximum atomic E-state index is 11.4. The normalized spacial score (nSPS) is 19.4. The lowest BCUT2D eigenvalue weighted by atomic mass is 9.78. The first-order valence-corrected chi connectivity index (χ1v) is 8.88. The number of aldehydes is 1. The van der Waals surface area contributed by atoms with Crippen LogP contribution in [-0.2, 0) is 14.1 Å². The fourth-order valence-electron chi connectivity index (χ4n) is 2.31. The van der Waals surface area contributed by atoms with Crippen LogP contribution >= 0.6 is 11.8 Å². The van der Waals surface area contributed by atoms with Crippen LogP contribution in [0.25, 0.3) is 6.08 Å². The van der Waals surface area contributed by atoms with Crippen molar-refractivity contribution in [1.82, 2.24) is 0 Å². The summed E-state index contributed by atoms with van der Waals surface area (Å²) in [4.78, 5) is 22.6. The van der Waals surface area contributed by atoms with Gasteiger partial charge in [-0.3, -0.25) is 9.59 Å². The topological polar surface area (TPSA) is 52.6 Å². The van der Waals surface area contributed by atoms with Crippen LogP contribution in [-0.4, -0.2) is 35.5 Å². The minimum Gasteiger partial charge on any atom is -0.400 e. The predicted octanol–water partition coefficient (Wildman–Crippen LogP) is 3.79. The number of hydrogen-bond donors (Lipinski definition) is 0. The van der Waals surface area contributed by atoms with Crippen LogP contribution in [0.1, 0.15) is 50.5 Å². The SMILES string of the molecule is CC(=O)SCC(=Cc1ccccc1C=O)B1OC(C)(C)C(C)(C)O1. The molecule has 1 aromatic rings. The lowest BCUT2D eigenvalue weighted by Crippen LogP contribution is -2.41. The first-order valence-electron chi connectivity index (χ1n) is 7.90. The number of hydrogen-bond acceptors (Lipinski definition) is 5. The molecule has 1 aromatic carbocycles. The zero-order chi connectivity index (χ0) is 18.0. The number of carbonyl (C=O) groups excluding carboxylic acids is 2. The van der Waals surface area contributed by atoms with Gasteiger partial charge in [-0.2, -0.15) is 0 Å². The Labute approximate surface area is 148 Å². The minimum absolute atomic E-state index is 0.0288. The van der Waals surface area contributed by atoms with E-state index in [2.05, 4.69) is 0 Å². The summed E-state index contributed by atoms with van der Waals surface area (Å²) in [5, 5.41) is 0.0288. The summed E-state index contributed by atoms with van der Waals surface area (Å²) in [5.74, 6) is 0.458. The third-order valence-corrected chi connectivity index (χ3v) is 5.35. The molecule has 0 aromatic heterocycles. The highest BCUT2D eigenvalue weighted by Gasteiger charge is 2.52. The molecule has 0 radical (unpaired) electrons. The van der Waals surface area contributed by atoms with E-state index in [9.17, 15) is 9.59 Å². The third kappa shape index (κ3) is 4.18. The van der Waals surface area contributed by atoms with Gasteiger partial charge in [-0.25, -0.2) is 0 Å². The average molecular weight is 346 g/mol. The van der Waals surface area contributed by atoms with E-state index >= 15 is 0 Å². The monoisotopic (exact) mass is 346 g/mol. The second-order valence-electron chi connectivity index (χ2n) is 6.83. The fourth-order valence-corrected chi connectivity index (χ4v) is 2.90. The molecule has 0 saturated carbocycles. The number of carbonyl (C=O) groups is 2. The maximum absolute atomic E-state index is 11.4. The molecule has 2 rings (SSSR count). The van der Waals surface area contributed by atoms with Crippen LogP contribution in [0.15, 0.2) is 29.7 Å². The molecule has 24 heavy (non-hydrogen) atoms. The van der Waals surface area contributed by atoms with Crippen LogP contribution < -0.4 is 0 Å². The number of benzene rings is 1. The van der Waals surface area contributed by atoms with Crippen molar-refractivity contribution in [3.63, 3.8) is 0 Å². The van der Waals surface area contributed by atoms with Gasteiger partial charge in [0.1, 0.15) is 0 Å². The zero-order valence-electron chi connectivity index (χ0n) is 14.8. The van der Waals surface area contributed by atoms with Crippen molar-refractivity contribution >= 4 is 36.4 Å². The highest BCUT2D eigenvalue weighted by Crippen LogP contribution is 2.39. The Kier molecular flexibility index (Phi) is 5.73. The van der Waals surface area contributed by atoms with E-state index < -0.39 is 18.3 Å². The van der Waals surface area contributed by atoms with Crippen molar-refractivity contribution in [1.29, 1.82) is 0 Å². The summed E-state index contributed by atoms with van der Waals surface area (Å²) < 4.78 is 12.2. The van der Waals surface area contributed by atoms with E-state index in [1.165, 1.54) is 18.7 Å². The van der Waals surface area contributed by atoms with Gasteiger partial charge in [-0.1, -0.05) is 42.1 Å². The third-order valence-electron chi connectivity index (χ3n) is 4.46. The largest absolute Gasteiger partial charge is 0.491 e. The summed E-state index contributed by atoms with van der Waals surface area (Å²) in [6.07, 6.45) is 2.72. The van der Waals surface area contributed by atoms with Crippen LogP contribution in [0, 0.1) is 0 Å². The Hall–Kier alpha value is -1.37. The van der Waals surface area contributed by atoms with Gasteiger partial charge in [0, 0.05) is 18.2 Å². The summed E-state index contributed by atoms with van der Waals surface area (Å²) in [6.45, 7) is 9.49. The highest BCUT2D eigenvalue weighted by atomic mass is 32.2. The molecule has 0 amide bonds. The standard InChI is InChI=1S/C18H23BO4S/c1-13(21)24-12-16(10-14-8-6-7-9-15(14)11-20)19-22-17(2,3)18(4,5)23-19/h6-11H,12H2,1-5H3. The van der Waals surface area contributed by atoms with Gasteiger partial charge in [0.15, 0.2) is 11.4 Å². The molecule has 1 saturated heterocycles.